The summed E-state index contributed by atoms with van der Waals surface area (Å²) in [6.07, 6.45) is 0. The van der Waals surface area contributed by atoms with Crippen molar-refractivity contribution in [3.05, 3.63) is 46.5 Å². The summed E-state index contributed by atoms with van der Waals surface area (Å²) >= 11 is 0. The number of pyridine rings is 1. The normalized spacial score (nSPS) is 10.2. The predicted molar refractivity (Wildman–Crippen MR) is 84.8 cm³/mol. The average Bonchev–Trinajstić information content (AvgIpc) is 2.47. The molecule has 1 N–H and O–H groups in total. The van der Waals surface area contributed by atoms with E-state index in [0.717, 1.165) is 11.3 Å². The number of anilines is 2. The van der Waals surface area contributed by atoms with Gasteiger partial charge in [0, 0.05) is 38.0 Å². The first-order valence-electron chi connectivity index (χ1n) is 6.69. The van der Waals surface area contributed by atoms with Crippen molar-refractivity contribution < 1.29 is 4.92 Å². The Morgan fingerprint density at radius 1 is 1.24 bits per heavy atom. The first kappa shape index (κ1) is 14.8. The maximum absolute atomic E-state index is 11.0. The van der Waals surface area contributed by atoms with Gasteiger partial charge >= 0.3 is 0 Å². The van der Waals surface area contributed by atoms with Crippen molar-refractivity contribution in [2.45, 2.75) is 6.92 Å². The SMILES string of the molecule is CCNc1cc([N+](=O)[O-])cc(-c2ccc(N(C)C)cc2)n1. The summed E-state index contributed by atoms with van der Waals surface area (Å²) in [4.78, 5) is 17.0. The zero-order valence-electron chi connectivity index (χ0n) is 12.3. The Morgan fingerprint density at radius 3 is 2.43 bits per heavy atom. The van der Waals surface area contributed by atoms with Crippen LogP contribution in [-0.4, -0.2) is 30.5 Å². The molecule has 110 valence electrons. The zero-order chi connectivity index (χ0) is 15.4. The summed E-state index contributed by atoms with van der Waals surface area (Å²) in [5.41, 5.74) is 2.54. The van der Waals surface area contributed by atoms with Crippen molar-refractivity contribution >= 4 is 17.2 Å². The van der Waals surface area contributed by atoms with Gasteiger partial charge in [-0.1, -0.05) is 12.1 Å². The Morgan fingerprint density at radius 2 is 1.90 bits per heavy atom. The minimum absolute atomic E-state index is 0.0348. The molecule has 2 aromatic rings. The number of hydrogen-bond acceptors (Lipinski definition) is 5. The third kappa shape index (κ3) is 3.47. The van der Waals surface area contributed by atoms with Gasteiger partial charge in [-0.05, 0) is 19.1 Å². The van der Waals surface area contributed by atoms with E-state index in [9.17, 15) is 10.1 Å². The summed E-state index contributed by atoms with van der Waals surface area (Å²) in [6.45, 7) is 2.58. The number of nitrogens with one attached hydrogen (secondary N) is 1. The van der Waals surface area contributed by atoms with E-state index in [2.05, 4.69) is 10.3 Å². The Hall–Kier alpha value is -2.63. The highest BCUT2D eigenvalue weighted by Gasteiger charge is 2.12. The topological polar surface area (TPSA) is 71.3 Å². The molecule has 1 aromatic heterocycles. The fraction of sp³-hybridized carbons (Fsp3) is 0.267. The fourth-order valence-corrected chi connectivity index (χ4v) is 1.97. The lowest BCUT2D eigenvalue weighted by molar-refractivity contribution is -0.384. The van der Waals surface area contributed by atoms with E-state index < -0.39 is 4.92 Å². The van der Waals surface area contributed by atoms with Crippen LogP contribution >= 0.6 is 0 Å². The summed E-state index contributed by atoms with van der Waals surface area (Å²) in [5.74, 6) is 0.512. The van der Waals surface area contributed by atoms with Crippen molar-refractivity contribution in [1.82, 2.24) is 4.98 Å². The summed E-state index contributed by atoms with van der Waals surface area (Å²) in [5, 5.41) is 14.0. The van der Waals surface area contributed by atoms with Gasteiger partial charge < -0.3 is 10.2 Å². The molecular formula is C15H18N4O2. The van der Waals surface area contributed by atoms with E-state index >= 15 is 0 Å². The second-order valence-corrected chi connectivity index (χ2v) is 4.82. The first-order valence-corrected chi connectivity index (χ1v) is 6.69. The molecule has 0 atom stereocenters. The van der Waals surface area contributed by atoms with Crippen LogP contribution in [0.4, 0.5) is 17.2 Å². The van der Waals surface area contributed by atoms with Crippen molar-refractivity contribution in [3.8, 4) is 11.3 Å². The van der Waals surface area contributed by atoms with E-state index in [4.69, 9.17) is 0 Å². The van der Waals surface area contributed by atoms with Gasteiger partial charge in [0.05, 0.1) is 16.7 Å². The molecule has 0 radical (unpaired) electrons. The maximum atomic E-state index is 11.0. The quantitative estimate of drug-likeness (QED) is 0.675. The average molecular weight is 286 g/mol. The van der Waals surface area contributed by atoms with Gasteiger partial charge in [0.1, 0.15) is 5.82 Å². The van der Waals surface area contributed by atoms with E-state index in [-0.39, 0.29) is 5.69 Å². The molecule has 0 aliphatic rings. The van der Waals surface area contributed by atoms with Crippen LogP contribution in [0.1, 0.15) is 6.92 Å². The molecule has 6 heteroatoms. The molecule has 0 unspecified atom stereocenters. The van der Waals surface area contributed by atoms with E-state index in [1.54, 1.807) is 0 Å². The number of rotatable bonds is 5. The Balaban J connectivity index is 2.44. The van der Waals surface area contributed by atoms with Gasteiger partial charge in [0.25, 0.3) is 5.69 Å². The maximum Gasteiger partial charge on any atom is 0.275 e. The van der Waals surface area contributed by atoms with Gasteiger partial charge in [-0.3, -0.25) is 10.1 Å². The third-order valence-corrected chi connectivity index (χ3v) is 3.06. The van der Waals surface area contributed by atoms with Gasteiger partial charge in [0.15, 0.2) is 0 Å². The number of benzene rings is 1. The molecule has 1 aromatic carbocycles. The molecule has 0 bridgehead atoms. The minimum Gasteiger partial charge on any atom is -0.378 e. The molecule has 6 nitrogen and oxygen atoms in total. The second kappa shape index (κ2) is 6.21. The Bertz CT molecular complexity index is 639. The van der Waals surface area contributed by atoms with Gasteiger partial charge in [-0.25, -0.2) is 4.98 Å². The van der Waals surface area contributed by atoms with Gasteiger partial charge in [-0.2, -0.15) is 0 Å². The highest BCUT2D eigenvalue weighted by molar-refractivity contribution is 5.67. The van der Waals surface area contributed by atoms with E-state index in [0.29, 0.717) is 18.1 Å². The van der Waals surface area contributed by atoms with Gasteiger partial charge in [0.2, 0.25) is 0 Å². The smallest absolute Gasteiger partial charge is 0.275 e. The van der Waals surface area contributed by atoms with Crippen molar-refractivity contribution in [2.24, 2.45) is 0 Å². The van der Waals surface area contributed by atoms with Crippen molar-refractivity contribution in [2.75, 3.05) is 30.9 Å². The summed E-state index contributed by atoms with van der Waals surface area (Å²) in [7, 11) is 3.92. The minimum atomic E-state index is -0.403. The number of nitrogens with zero attached hydrogens (tertiary/aromatic N) is 3. The lowest BCUT2D eigenvalue weighted by atomic mass is 10.1. The molecule has 0 aliphatic carbocycles. The van der Waals surface area contributed by atoms with Crippen LogP contribution in [0, 0.1) is 10.1 Å². The largest absolute Gasteiger partial charge is 0.378 e. The third-order valence-electron chi connectivity index (χ3n) is 3.06. The zero-order valence-corrected chi connectivity index (χ0v) is 12.3. The summed E-state index contributed by atoms with van der Waals surface area (Å²) in [6, 6.07) is 10.7. The molecular weight excluding hydrogens is 268 g/mol. The second-order valence-electron chi connectivity index (χ2n) is 4.82. The molecule has 0 saturated heterocycles. The molecule has 21 heavy (non-hydrogen) atoms. The van der Waals surface area contributed by atoms with Crippen molar-refractivity contribution in [1.29, 1.82) is 0 Å². The highest BCUT2D eigenvalue weighted by Crippen LogP contribution is 2.26. The molecule has 0 saturated carbocycles. The number of nitro groups is 1. The van der Waals surface area contributed by atoms with Crippen LogP contribution in [-0.2, 0) is 0 Å². The standard InChI is InChI=1S/C15H18N4O2/c1-4-16-15-10-13(19(20)21)9-14(17-15)11-5-7-12(8-6-11)18(2)3/h5-10H,4H2,1-3H3,(H,16,17). The fourth-order valence-electron chi connectivity index (χ4n) is 1.97. The lowest BCUT2D eigenvalue weighted by Gasteiger charge is -2.13. The molecule has 0 fully saturated rings. The molecule has 0 aliphatic heterocycles. The van der Waals surface area contributed by atoms with Crippen molar-refractivity contribution in [3.63, 3.8) is 0 Å². The van der Waals surface area contributed by atoms with E-state index in [1.807, 2.05) is 50.2 Å². The Kier molecular flexibility index (Phi) is 4.37. The highest BCUT2D eigenvalue weighted by atomic mass is 16.6. The van der Waals surface area contributed by atoms with Crippen LogP contribution in [0.2, 0.25) is 0 Å². The van der Waals surface area contributed by atoms with Gasteiger partial charge in [-0.15, -0.1) is 0 Å². The number of hydrogen-bond donors (Lipinski definition) is 1. The van der Waals surface area contributed by atoms with Crippen LogP contribution in [0.5, 0.6) is 0 Å². The van der Waals surface area contributed by atoms with E-state index in [1.165, 1.54) is 12.1 Å². The molecule has 0 spiro atoms. The lowest BCUT2D eigenvalue weighted by Crippen LogP contribution is -2.08. The number of aromatic nitrogens is 1. The monoisotopic (exact) mass is 286 g/mol. The van der Waals surface area contributed by atoms with Crippen LogP contribution in [0.25, 0.3) is 11.3 Å². The summed E-state index contributed by atoms with van der Waals surface area (Å²) < 4.78 is 0. The molecule has 2 rings (SSSR count). The predicted octanol–water partition coefficient (Wildman–Crippen LogP) is 3.15. The van der Waals surface area contributed by atoms with Crippen LogP contribution in [0.15, 0.2) is 36.4 Å². The molecule has 0 amide bonds. The van der Waals surface area contributed by atoms with Crippen LogP contribution in [0.3, 0.4) is 0 Å². The molecule has 1 heterocycles. The van der Waals surface area contributed by atoms with Crippen LogP contribution < -0.4 is 10.2 Å². The first-order chi connectivity index (χ1) is 10.0. The Labute approximate surface area is 123 Å².